The molecule has 7 nitrogen and oxygen atoms in total. The third-order valence-electron chi connectivity index (χ3n) is 4.50. The molecule has 1 aliphatic rings. The molecule has 0 atom stereocenters. The van der Waals surface area contributed by atoms with Gasteiger partial charge in [0.05, 0.1) is 7.11 Å². The number of hydrogen-bond acceptors (Lipinski definition) is 6. The number of amides is 1. The fourth-order valence-electron chi connectivity index (χ4n) is 2.98. The van der Waals surface area contributed by atoms with Gasteiger partial charge in [0.25, 0.3) is 0 Å². The first kappa shape index (κ1) is 18.0. The summed E-state index contributed by atoms with van der Waals surface area (Å²) in [6.45, 7) is 5.33. The molecule has 1 aliphatic heterocycles. The minimum absolute atomic E-state index is 0.124. The summed E-state index contributed by atoms with van der Waals surface area (Å²) in [6.07, 6.45) is 2.65. The Labute approximate surface area is 154 Å². The first-order chi connectivity index (χ1) is 12.7. The van der Waals surface area contributed by atoms with E-state index in [1.54, 1.807) is 20.2 Å². The predicted octanol–water partition coefficient (Wildman–Crippen LogP) is 1.81. The Morgan fingerprint density at radius 3 is 2.77 bits per heavy atom. The van der Waals surface area contributed by atoms with Gasteiger partial charge in [-0.05, 0) is 30.2 Å². The summed E-state index contributed by atoms with van der Waals surface area (Å²) in [7, 11) is 1.68. The number of ether oxygens (including phenoxy) is 1. The third-order valence-corrected chi connectivity index (χ3v) is 4.50. The van der Waals surface area contributed by atoms with Crippen LogP contribution in [0.4, 0.5) is 11.8 Å². The highest BCUT2D eigenvalue weighted by molar-refractivity contribution is 5.73. The van der Waals surface area contributed by atoms with Gasteiger partial charge in [-0.2, -0.15) is 4.98 Å². The van der Waals surface area contributed by atoms with Gasteiger partial charge in [-0.15, -0.1) is 0 Å². The highest BCUT2D eigenvalue weighted by Crippen LogP contribution is 2.15. The van der Waals surface area contributed by atoms with Crippen LogP contribution in [-0.2, 0) is 11.2 Å². The standard InChI is InChI=1S/C19H25N5O2/c1-15(25)23-10-12-24(13-11-23)19-21-9-7-18(22-19)20-8-6-16-4-3-5-17(14-16)26-2/h3-5,7,9,14H,6,8,10-13H2,1-2H3,(H,20,21,22). The first-order valence-electron chi connectivity index (χ1n) is 8.86. The second kappa shape index (κ2) is 8.51. The lowest BCUT2D eigenvalue weighted by atomic mass is 10.1. The van der Waals surface area contributed by atoms with Gasteiger partial charge >= 0.3 is 0 Å². The fourth-order valence-corrected chi connectivity index (χ4v) is 2.98. The van der Waals surface area contributed by atoms with Gasteiger partial charge in [0.2, 0.25) is 11.9 Å². The van der Waals surface area contributed by atoms with Crippen LogP contribution < -0.4 is 15.0 Å². The van der Waals surface area contributed by atoms with Crippen molar-refractivity contribution in [2.24, 2.45) is 0 Å². The van der Waals surface area contributed by atoms with E-state index in [-0.39, 0.29) is 5.91 Å². The minimum atomic E-state index is 0.124. The number of carbonyl (C=O) groups excluding carboxylic acids is 1. The van der Waals surface area contributed by atoms with E-state index in [4.69, 9.17) is 4.74 Å². The zero-order chi connectivity index (χ0) is 18.4. The average Bonchev–Trinajstić information content (AvgIpc) is 2.68. The van der Waals surface area contributed by atoms with Crippen molar-refractivity contribution in [1.82, 2.24) is 14.9 Å². The van der Waals surface area contributed by atoms with Crippen LogP contribution >= 0.6 is 0 Å². The maximum atomic E-state index is 11.4. The van der Waals surface area contributed by atoms with E-state index in [1.807, 2.05) is 29.2 Å². The third kappa shape index (κ3) is 4.62. The summed E-state index contributed by atoms with van der Waals surface area (Å²) >= 11 is 0. The molecule has 1 N–H and O–H groups in total. The van der Waals surface area contributed by atoms with E-state index in [1.165, 1.54) is 5.56 Å². The smallest absolute Gasteiger partial charge is 0.227 e. The molecule has 0 aliphatic carbocycles. The molecule has 1 aromatic carbocycles. The number of benzene rings is 1. The maximum Gasteiger partial charge on any atom is 0.227 e. The van der Waals surface area contributed by atoms with Gasteiger partial charge in [0.15, 0.2) is 0 Å². The second-order valence-corrected chi connectivity index (χ2v) is 6.26. The number of carbonyl (C=O) groups is 1. The topological polar surface area (TPSA) is 70.6 Å². The molecular formula is C19H25N5O2. The largest absolute Gasteiger partial charge is 0.497 e. The first-order valence-corrected chi connectivity index (χ1v) is 8.86. The summed E-state index contributed by atoms with van der Waals surface area (Å²) in [5, 5.41) is 3.35. The van der Waals surface area contributed by atoms with E-state index in [2.05, 4.69) is 26.3 Å². The summed E-state index contributed by atoms with van der Waals surface area (Å²) in [5.41, 5.74) is 1.21. The number of nitrogens with zero attached hydrogens (tertiary/aromatic N) is 4. The number of hydrogen-bond donors (Lipinski definition) is 1. The Bertz CT molecular complexity index is 744. The molecular weight excluding hydrogens is 330 g/mol. The van der Waals surface area contributed by atoms with Crippen LogP contribution in [0.5, 0.6) is 5.75 Å². The molecule has 0 spiro atoms. The van der Waals surface area contributed by atoms with Gasteiger partial charge < -0.3 is 19.9 Å². The van der Waals surface area contributed by atoms with Crippen molar-refractivity contribution in [3.8, 4) is 5.75 Å². The quantitative estimate of drug-likeness (QED) is 0.852. The van der Waals surface area contributed by atoms with E-state index >= 15 is 0 Å². The predicted molar refractivity (Wildman–Crippen MR) is 102 cm³/mol. The lowest BCUT2D eigenvalue weighted by Crippen LogP contribution is -2.48. The summed E-state index contributed by atoms with van der Waals surface area (Å²) in [5.74, 6) is 2.52. The van der Waals surface area contributed by atoms with Crippen molar-refractivity contribution in [2.75, 3.05) is 50.1 Å². The number of nitrogens with one attached hydrogen (secondary N) is 1. The van der Waals surface area contributed by atoms with Gasteiger partial charge in [0, 0.05) is 45.8 Å². The zero-order valence-corrected chi connectivity index (χ0v) is 15.3. The van der Waals surface area contributed by atoms with Crippen molar-refractivity contribution in [3.63, 3.8) is 0 Å². The monoisotopic (exact) mass is 355 g/mol. The molecule has 138 valence electrons. The Kier molecular flexibility index (Phi) is 5.88. The molecule has 2 heterocycles. The molecule has 0 bridgehead atoms. The molecule has 7 heteroatoms. The number of rotatable bonds is 6. The highest BCUT2D eigenvalue weighted by atomic mass is 16.5. The molecule has 3 rings (SSSR count). The van der Waals surface area contributed by atoms with Crippen molar-refractivity contribution in [3.05, 3.63) is 42.1 Å². The van der Waals surface area contributed by atoms with E-state index in [0.29, 0.717) is 19.0 Å². The van der Waals surface area contributed by atoms with Gasteiger partial charge in [0.1, 0.15) is 11.6 Å². The van der Waals surface area contributed by atoms with Crippen LogP contribution in [0.3, 0.4) is 0 Å². The summed E-state index contributed by atoms with van der Waals surface area (Å²) in [4.78, 5) is 24.4. The van der Waals surface area contributed by atoms with Crippen LogP contribution in [0.1, 0.15) is 12.5 Å². The highest BCUT2D eigenvalue weighted by Gasteiger charge is 2.20. The van der Waals surface area contributed by atoms with E-state index in [0.717, 1.165) is 37.6 Å². The molecule has 0 unspecified atom stereocenters. The molecule has 1 amide bonds. The Balaban J connectivity index is 1.53. The van der Waals surface area contributed by atoms with Crippen LogP contribution in [-0.4, -0.2) is 60.6 Å². The fraction of sp³-hybridized carbons (Fsp3) is 0.421. The van der Waals surface area contributed by atoms with Crippen molar-refractivity contribution >= 4 is 17.7 Å². The SMILES string of the molecule is COc1cccc(CCNc2ccnc(N3CCN(C(C)=O)CC3)n2)c1. The molecule has 26 heavy (non-hydrogen) atoms. The second-order valence-electron chi connectivity index (χ2n) is 6.26. The lowest BCUT2D eigenvalue weighted by Gasteiger charge is -2.34. The molecule has 1 fully saturated rings. The zero-order valence-electron chi connectivity index (χ0n) is 15.3. The minimum Gasteiger partial charge on any atom is -0.497 e. The molecule has 1 saturated heterocycles. The normalized spacial score (nSPS) is 14.2. The summed E-state index contributed by atoms with van der Waals surface area (Å²) in [6, 6.07) is 9.95. The van der Waals surface area contributed by atoms with Crippen LogP contribution in [0.25, 0.3) is 0 Å². The maximum absolute atomic E-state index is 11.4. The van der Waals surface area contributed by atoms with Crippen LogP contribution in [0.2, 0.25) is 0 Å². The number of aromatic nitrogens is 2. The van der Waals surface area contributed by atoms with Crippen LogP contribution in [0, 0.1) is 0 Å². The van der Waals surface area contributed by atoms with E-state index < -0.39 is 0 Å². The number of methoxy groups -OCH3 is 1. The van der Waals surface area contributed by atoms with Crippen molar-refractivity contribution in [1.29, 1.82) is 0 Å². The lowest BCUT2D eigenvalue weighted by molar-refractivity contribution is -0.129. The van der Waals surface area contributed by atoms with Gasteiger partial charge in [-0.1, -0.05) is 12.1 Å². The Hall–Kier alpha value is -2.83. The van der Waals surface area contributed by atoms with Gasteiger partial charge in [-0.25, -0.2) is 4.98 Å². The van der Waals surface area contributed by atoms with Crippen LogP contribution in [0.15, 0.2) is 36.5 Å². The molecule has 0 saturated carbocycles. The van der Waals surface area contributed by atoms with Crippen molar-refractivity contribution < 1.29 is 9.53 Å². The van der Waals surface area contributed by atoms with Crippen molar-refractivity contribution in [2.45, 2.75) is 13.3 Å². The number of piperazine rings is 1. The average molecular weight is 355 g/mol. The van der Waals surface area contributed by atoms with Gasteiger partial charge in [-0.3, -0.25) is 4.79 Å². The number of anilines is 2. The molecule has 0 radical (unpaired) electrons. The van der Waals surface area contributed by atoms with E-state index in [9.17, 15) is 4.79 Å². The Morgan fingerprint density at radius 1 is 1.23 bits per heavy atom. The summed E-state index contributed by atoms with van der Waals surface area (Å²) < 4.78 is 5.25. The molecule has 1 aromatic heterocycles. The molecule has 2 aromatic rings. The Morgan fingerprint density at radius 2 is 2.04 bits per heavy atom.